The number of nitrogens with one attached hydrogen (secondary N) is 3. The second kappa shape index (κ2) is 3.81. The van der Waals surface area contributed by atoms with Crippen molar-refractivity contribution in [2.45, 2.75) is 4.90 Å². The molecule has 0 radical (unpaired) electrons. The van der Waals surface area contributed by atoms with E-state index in [1.165, 1.54) is 18.6 Å². The van der Waals surface area contributed by atoms with Crippen LogP contribution in [0.2, 0.25) is 0 Å². The molecule has 0 saturated heterocycles. The maximum absolute atomic E-state index is 11.7. The highest BCUT2D eigenvalue weighted by Crippen LogP contribution is 2.09. The zero-order chi connectivity index (χ0) is 11.6. The molecule has 8 heteroatoms. The highest BCUT2D eigenvalue weighted by molar-refractivity contribution is 7.92. The maximum atomic E-state index is 11.7. The summed E-state index contributed by atoms with van der Waals surface area (Å²) in [5.74, 6) is 0. The van der Waals surface area contributed by atoms with Crippen molar-refractivity contribution in [3.05, 3.63) is 41.1 Å². The number of anilines is 1. The van der Waals surface area contributed by atoms with Crippen molar-refractivity contribution < 1.29 is 8.42 Å². The van der Waals surface area contributed by atoms with Crippen LogP contribution in [0.5, 0.6) is 0 Å². The molecule has 3 N–H and O–H groups in total. The van der Waals surface area contributed by atoms with Crippen molar-refractivity contribution in [1.29, 1.82) is 0 Å². The summed E-state index contributed by atoms with van der Waals surface area (Å²) >= 11 is 0. The Labute approximate surface area is 90.6 Å². The minimum atomic E-state index is -3.87. The van der Waals surface area contributed by atoms with Gasteiger partial charge < -0.3 is 4.98 Å². The summed E-state index contributed by atoms with van der Waals surface area (Å²) in [6.07, 6.45) is 5.16. The fraction of sp³-hybridized carbons (Fsp3) is 0. The molecule has 0 amide bonds. The van der Waals surface area contributed by atoms with Crippen LogP contribution < -0.4 is 10.2 Å². The van der Waals surface area contributed by atoms with E-state index >= 15 is 0 Å². The smallest absolute Gasteiger partial charge is 0.267 e. The van der Waals surface area contributed by atoms with Crippen molar-refractivity contribution in [2.75, 3.05) is 4.72 Å². The van der Waals surface area contributed by atoms with E-state index in [9.17, 15) is 13.2 Å². The highest BCUT2D eigenvalue weighted by atomic mass is 32.2. The fourth-order valence-corrected chi connectivity index (χ4v) is 2.22. The Morgan fingerprint density at radius 1 is 1.31 bits per heavy atom. The van der Waals surface area contributed by atoms with E-state index in [0.29, 0.717) is 0 Å². The molecule has 2 heterocycles. The summed E-state index contributed by atoms with van der Waals surface area (Å²) in [6.45, 7) is 0. The summed E-state index contributed by atoms with van der Waals surface area (Å²) < 4.78 is 25.7. The van der Waals surface area contributed by atoms with Gasteiger partial charge in [0.1, 0.15) is 0 Å². The number of pyridine rings is 1. The summed E-state index contributed by atoms with van der Waals surface area (Å²) in [5.41, 5.74) is -0.307. The monoisotopic (exact) mass is 240 g/mol. The van der Waals surface area contributed by atoms with Crippen LogP contribution in [0.4, 0.5) is 5.69 Å². The molecule has 16 heavy (non-hydrogen) atoms. The zero-order valence-corrected chi connectivity index (χ0v) is 8.78. The van der Waals surface area contributed by atoms with Crippen molar-refractivity contribution >= 4 is 15.7 Å². The van der Waals surface area contributed by atoms with E-state index in [1.54, 1.807) is 0 Å². The number of sulfonamides is 1. The van der Waals surface area contributed by atoms with Gasteiger partial charge in [0.05, 0.1) is 11.9 Å². The Morgan fingerprint density at radius 3 is 2.75 bits per heavy atom. The lowest BCUT2D eigenvalue weighted by Crippen LogP contribution is -2.20. The van der Waals surface area contributed by atoms with E-state index in [0.717, 1.165) is 12.3 Å². The van der Waals surface area contributed by atoms with Gasteiger partial charge in [-0.2, -0.15) is 5.10 Å². The van der Waals surface area contributed by atoms with Crippen molar-refractivity contribution in [3.8, 4) is 0 Å². The van der Waals surface area contributed by atoms with Crippen LogP contribution in [0.25, 0.3) is 0 Å². The molecule has 0 fully saturated rings. The summed E-state index contributed by atoms with van der Waals surface area (Å²) in [6, 6.07) is 1.14. The predicted octanol–water partition coefficient (Wildman–Crippen LogP) is -0.101. The minimum Gasteiger partial charge on any atom is -0.366 e. The first-order valence-electron chi connectivity index (χ1n) is 4.28. The summed E-state index contributed by atoms with van der Waals surface area (Å²) in [4.78, 5) is 13.5. The largest absolute Gasteiger partial charge is 0.366 e. The van der Waals surface area contributed by atoms with E-state index in [-0.39, 0.29) is 10.6 Å². The Morgan fingerprint density at radius 2 is 2.12 bits per heavy atom. The Hall–Kier alpha value is -2.09. The molecule has 0 aromatic carbocycles. The highest BCUT2D eigenvalue weighted by Gasteiger charge is 2.17. The normalized spacial score (nSPS) is 11.2. The van der Waals surface area contributed by atoms with Gasteiger partial charge in [-0.05, 0) is 0 Å². The number of aromatic nitrogens is 3. The van der Waals surface area contributed by atoms with Crippen LogP contribution in [-0.2, 0) is 10.0 Å². The van der Waals surface area contributed by atoms with Crippen molar-refractivity contribution in [1.82, 2.24) is 15.2 Å². The van der Waals surface area contributed by atoms with Gasteiger partial charge in [-0.1, -0.05) is 0 Å². The second-order valence-electron chi connectivity index (χ2n) is 2.97. The average molecular weight is 240 g/mol. The van der Waals surface area contributed by atoms with Gasteiger partial charge in [0.25, 0.3) is 10.0 Å². The molecule has 0 atom stereocenters. The van der Waals surface area contributed by atoms with E-state index in [4.69, 9.17) is 0 Å². The van der Waals surface area contributed by atoms with Crippen LogP contribution in [0.1, 0.15) is 0 Å². The first-order valence-corrected chi connectivity index (χ1v) is 5.76. The molecule has 2 rings (SSSR count). The first-order chi connectivity index (χ1) is 7.59. The van der Waals surface area contributed by atoms with Gasteiger partial charge in [-0.3, -0.25) is 14.6 Å². The van der Waals surface area contributed by atoms with Gasteiger partial charge in [0, 0.05) is 24.7 Å². The van der Waals surface area contributed by atoms with Crippen LogP contribution >= 0.6 is 0 Å². The number of hydrogen-bond acceptors (Lipinski definition) is 4. The molecular weight excluding hydrogens is 232 g/mol. The maximum Gasteiger partial charge on any atom is 0.267 e. The van der Waals surface area contributed by atoms with Crippen LogP contribution in [0, 0.1) is 0 Å². The number of H-pyrrole nitrogens is 2. The molecule has 0 spiro atoms. The number of aromatic amines is 2. The first kappa shape index (κ1) is 10.4. The molecule has 0 aliphatic rings. The van der Waals surface area contributed by atoms with E-state index in [1.807, 2.05) is 0 Å². The van der Waals surface area contributed by atoms with E-state index < -0.39 is 15.5 Å². The fourth-order valence-electron chi connectivity index (χ4n) is 1.13. The SMILES string of the molecule is O=c1cc[nH]cc1S(=O)(=O)Nc1cn[nH]c1. The Balaban J connectivity index is 2.41. The second-order valence-corrected chi connectivity index (χ2v) is 4.62. The van der Waals surface area contributed by atoms with Crippen LogP contribution in [0.3, 0.4) is 0 Å². The summed E-state index contributed by atoms with van der Waals surface area (Å²) in [7, 11) is -3.87. The molecule has 7 nitrogen and oxygen atoms in total. The third kappa shape index (κ3) is 1.96. The average Bonchev–Trinajstić information content (AvgIpc) is 2.70. The van der Waals surface area contributed by atoms with Gasteiger partial charge in [-0.25, -0.2) is 8.42 Å². The summed E-state index contributed by atoms with van der Waals surface area (Å²) in [5, 5.41) is 6.04. The lowest BCUT2D eigenvalue weighted by atomic mass is 10.5. The van der Waals surface area contributed by atoms with Crippen LogP contribution in [0.15, 0.2) is 40.5 Å². The third-order valence-electron chi connectivity index (χ3n) is 1.83. The predicted molar refractivity (Wildman–Crippen MR) is 56.5 cm³/mol. The van der Waals surface area contributed by atoms with Gasteiger partial charge in [0.15, 0.2) is 4.90 Å². The van der Waals surface area contributed by atoms with Gasteiger partial charge >= 0.3 is 0 Å². The van der Waals surface area contributed by atoms with E-state index in [2.05, 4.69) is 19.9 Å². The lowest BCUT2D eigenvalue weighted by Gasteiger charge is -2.03. The van der Waals surface area contributed by atoms with Crippen molar-refractivity contribution in [2.24, 2.45) is 0 Å². The number of hydrogen-bond donors (Lipinski definition) is 3. The van der Waals surface area contributed by atoms with Crippen molar-refractivity contribution in [3.63, 3.8) is 0 Å². The lowest BCUT2D eigenvalue weighted by molar-refractivity contribution is 0.600. The zero-order valence-electron chi connectivity index (χ0n) is 7.97. The third-order valence-corrected chi connectivity index (χ3v) is 3.23. The molecule has 0 unspecified atom stereocenters. The van der Waals surface area contributed by atoms with Crippen LogP contribution in [-0.4, -0.2) is 23.6 Å². The quantitative estimate of drug-likeness (QED) is 0.696. The standard InChI is InChI=1S/C8H8N4O3S/c13-7-1-2-9-5-8(7)16(14,15)12-6-3-10-11-4-6/h1-5,12H,(H,9,13)(H,10,11). The van der Waals surface area contributed by atoms with Gasteiger partial charge in [-0.15, -0.1) is 0 Å². The molecule has 0 saturated carbocycles. The minimum absolute atomic E-state index is 0.267. The molecule has 0 aliphatic carbocycles. The molecule has 84 valence electrons. The number of rotatable bonds is 3. The molecule has 0 aliphatic heterocycles. The molecule has 0 bridgehead atoms. The topological polar surface area (TPSA) is 108 Å². The Bertz CT molecular complexity index is 629. The molecule has 2 aromatic rings. The molecular formula is C8H8N4O3S. The number of nitrogens with zero attached hydrogens (tertiary/aromatic N) is 1. The Kier molecular flexibility index (Phi) is 2.49. The van der Waals surface area contributed by atoms with Gasteiger partial charge in [0.2, 0.25) is 5.43 Å². The molecule has 2 aromatic heterocycles.